The Morgan fingerprint density at radius 2 is 1.68 bits per heavy atom. The van der Waals surface area contributed by atoms with Gasteiger partial charge in [0.2, 0.25) is 0 Å². The van der Waals surface area contributed by atoms with Crippen LogP contribution in [0.4, 0.5) is 0 Å². The van der Waals surface area contributed by atoms with E-state index in [2.05, 4.69) is 16.7 Å². The van der Waals surface area contributed by atoms with Gasteiger partial charge >= 0.3 is 11.8 Å². The molecule has 1 aromatic rings. The number of carbonyl (C=O) groups excluding carboxylic acids is 2. The number of amides is 2. The predicted molar refractivity (Wildman–Crippen MR) is 95.7 cm³/mol. The first kappa shape index (κ1) is 18.8. The van der Waals surface area contributed by atoms with Crippen molar-refractivity contribution in [2.75, 3.05) is 26.8 Å². The second-order valence-corrected chi connectivity index (χ2v) is 5.89. The van der Waals surface area contributed by atoms with Crippen LogP contribution in [-0.2, 0) is 9.59 Å². The molecule has 6 nitrogen and oxygen atoms in total. The molecule has 0 bridgehead atoms. The average Bonchev–Trinajstić information content (AvgIpc) is 2.66. The Kier molecular flexibility index (Phi) is 7.82. The number of hydrogen-bond acceptors (Lipinski definition) is 4. The maximum Gasteiger partial charge on any atom is 0.309 e. The zero-order valence-electron chi connectivity index (χ0n) is 14.7. The number of nitrogens with one attached hydrogen (secondary N) is 2. The van der Waals surface area contributed by atoms with Crippen molar-refractivity contribution in [3.05, 3.63) is 35.9 Å². The molecule has 1 aromatic carbocycles. The van der Waals surface area contributed by atoms with E-state index in [9.17, 15) is 9.59 Å². The van der Waals surface area contributed by atoms with Gasteiger partial charge in [0.05, 0.1) is 13.7 Å². The summed E-state index contributed by atoms with van der Waals surface area (Å²) in [5.41, 5.74) is 1.37. The van der Waals surface area contributed by atoms with Crippen LogP contribution in [0, 0.1) is 0 Å². The lowest BCUT2D eigenvalue weighted by molar-refractivity contribution is -0.139. The van der Waals surface area contributed by atoms with Crippen LogP contribution in [0.15, 0.2) is 35.9 Å². The topological polar surface area (TPSA) is 76.7 Å². The molecule has 0 radical (unpaired) electrons. The normalized spacial score (nSPS) is 13.6. The second-order valence-electron chi connectivity index (χ2n) is 5.89. The summed E-state index contributed by atoms with van der Waals surface area (Å²) < 4.78 is 10.5. The van der Waals surface area contributed by atoms with Gasteiger partial charge in [-0.3, -0.25) is 9.59 Å². The predicted octanol–water partition coefficient (Wildman–Crippen LogP) is 2.20. The molecule has 0 aromatic heterocycles. The molecule has 0 saturated heterocycles. The summed E-state index contributed by atoms with van der Waals surface area (Å²) in [7, 11) is 1.60. The van der Waals surface area contributed by atoms with Crippen molar-refractivity contribution in [3.63, 3.8) is 0 Å². The molecule has 0 aliphatic heterocycles. The summed E-state index contributed by atoms with van der Waals surface area (Å²) in [6.45, 7) is 1.06. The Bertz CT molecular complexity index is 596. The molecule has 25 heavy (non-hydrogen) atoms. The highest BCUT2D eigenvalue weighted by molar-refractivity contribution is 6.35. The maximum atomic E-state index is 11.7. The molecule has 0 spiro atoms. The van der Waals surface area contributed by atoms with Crippen LogP contribution in [0.3, 0.4) is 0 Å². The highest BCUT2D eigenvalue weighted by Gasteiger charge is 2.12. The van der Waals surface area contributed by atoms with Crippen LogP contribution < -0.4 is 20.1 Å². The van der Waals surface area contributed by atoms with Gasteiger partial charge in [-0.15, -0.1) is 0 Å². The van der Waals surface area contributed by atoms with Gasteiger partial charge in [0.25, 0.3) is 0 Å². The van der Waals surface area contributed by atoms with E-state index in [0.29, 0.717) is 12.3 Å². The number of methoxy groups -OCH3 is 1. The molecule has 0 heterocycles. The summed E-state index contributed by atoms with van der Waals surface area (Å²) in [5.74, 6) is 0.207. The fourth-order valence-electron chi connectivity index (χ4n) is 2.63. The largest absolute Gasteiger partial charge is 0.497 e. The number of allylic oxidation sites excluding steroid dienone is 1. The van der Waals surface area contributed by atoms with E-state index in [1.54, 1.807) is 31.4 Å². The van der Waals surface area contributed by atoms with E-state index >= 15 is 0 Å². The Balaban J connectivity index is 1.57. The molecule has 136 valence electrons. The summed E-state index contributed by atoms with van der Waals surface area (Å²) in [6, 6.07) is 7.16. The van der Waals surface area contributed by atoms with E-state index < -0.39 is 11.8 Å². The van der Waals surface area contributed by atoms with Crippen LogP contribution in [0.1, 0.15) is 32.1 Å². The highest BCUT2D eigenvalue weighted by atomic mass is 16.5. The Hall–Kier alpha value is -2.50. The fraction of sp³-hybridized carbons (Fsp3) is 0.474. The molecular formula is C19H26N2O4. The van der Waals surface area contributed by atoms with Crippen LogP contribution >= 0.6 is 0 Å². The third-order valence-corrected chi connectivity index (χ3v) is 4.04. The minimum atomic E-state index is -0.629. The van der Waals surface area contributed by atoms with Crippen molar-refractivity contribution in [1.29, 1.82) is 0 Å². The summed E-state index contributed by atoms with van der Waals surface area (Å²) >= 11 is 0. The molecule has 0 atom stereocenters. The quantitative estimate of drug-likeness (QED) is 0.430. The number of carbonyl (C=O) groups is 2. The minimum absolute atomic E-state index is 0.267. The lowest BCUT2D eigenvalue weighted by Crippen LogP contribution is -2.41. The molecule has 6 heteroatoms. The van der Waals surface area contributed by atoms with Gasteiger partial charge in [-0.2, -0.15) is 0 Å². The number of ether oxygens (including phenoxy) is 2. The van der Waals surface area contributed by atoms with Gasteiger partial charge in [0, 0.05) is 6.54 Å². The van der Waals surface area contributed by atoms with Gasteiger partial charge in [-0.05, 0) is 56.4 Å². The Morgan fingerprint density at radius 1 is 1.00 bits per heavy atom. The van der Waals surface area contributed by atoms with Crippen molar-refractivity contribution in [2.45, 2.75) is 32.1 Å². The number of hydrogen-bond donors (Lipinski definition) is 2. The van der Waals surface area contributed by atoms with Crippen LogP contribution in [0.2, 0.25) is 0 Å². The van der Waals surface area contributed by atoms with Gasteiger partial charge in [0.1, 0.15) is 18.1 Å². The van der Waals surface area contributed by atoms with Crippen LogP contribution in [0.5, 0.6) is 11.5 Å². The van der Waals surface area contributed by atoms with Gasteiger partial charge in [-0.25, -0.2) is 0 Å². The fourth-order valence-corrected chi connectivity index (χ4v) is 2.63. The lowest BCUT2D eigenvalue weighted by Gasteiger charge is -2.13. The van der Waals surface area contributed by atoms with Gasteiger partial charge in [0.15, 0.2) is 0 Å². The van der Waals surface area contributed by atoms with Crippen LogP contribution in [-0.4, -0.2) is 38.6 Å². The first-order chi connectivity index (χ1) is 12.2. The Morgan fingerprint density at radius 3 is 2.32 bits per heavy atom. The summed E-state index contributed by atoms with van der Waals surface area (Å²) in [6.07, 6.45) is 7.75. The molecule has 0 unspecified atom stereocenters. The van der Waals surface area contributed by atoms with E-state index in [0.717, 1.165) is 25.0 Å². The first-order valence-corrected chi connectivity index (χ1v) is 8.70. The van der Waals surface area contributed by atoms with Crippen molar-refractivity contribution in [1.82, 2.24) is 10.6 Å². The molecular weight excluding hydrogens is 320 g/mol. The number of benzene rings is 1. The molecule has 0 saturated carbocycles. The standard InChI is InChI=1S/C19H26N2O4/c1-24-16-7-9-17(10-8-16)25-14-13-21-19(23)18(22)20-12-11-15-5-3-2-4-6-15/h5,7-10H,2-4,6,11-14H2,1H3,(H,20,22)(H,21,23). The molecule has 2 N–H and O–H groups in total. The van der Waals surface area contributed by atoms with Crippen molar-refractivity contribution in [3.8, 4) is 11.5 Å². The van der Waals surface area contributed by atoms with Crippen LogP contribution in [0.25, 0.3) is 0 Å². The van der Waals surface area contributed by atoms with Crippen molar-refractivity contribution < 1.29 is 19.1 Å². The summed E-state index contributed by atoms with van der Waals surface area (Å²) in [5, 5.41) is 5.20. The number of rotatable bonds is 8. The highest BCUT2D eigenvalue weighted by Crippen LogP contribution is 2.19. The minimum Gasteiger partial charge on any atom is -0.497 e. The van der Waals surface area contributed by atoms with Crippen molar-refractivity contribution in [2.24, 2.45) is 0 Å². The zero-order valence-corrected chi connectivity index (χ0v) is 14.7. The third kappa shape index (κ3) is 6.87. The molecule has 2 amide bonds. The van der Waals surface area contributed by atoms with E-state index in [1.807, 2.05) is 0 Å². The lowest BCUT2D eigenvalue weighted by atomic mass is 9.97. The third-order valence-electron chi connectivity index (χ3n) is 4.04. The summed E-state index contributed by atoms with van der Waals surface area (Å²) in [4.78, 5) is 23.4. The van der Waals surface area contributed by atoms with Crippen molar-refractivity contribution >= 4 is 11.8 Å². The van der Waals surface area contributed by atoms with E-state index in [1.165, 1.54) is 18.4 Å². The van der Waals surface area contributed by atoms with Gasteiger partial charge in [-0.1, -0.05) is 11.6 Å². The first-order valence-electron chi connectivity index (χ1n) is 8.70. The average molecular weight is 346 g/mol. The second kappa shape index (κ2) is 10.4. The molecule has 2 rings (SSSR count). The Labute approximate surface area is 148 Å². The molecule has 1 aliphatic carbocycles. The molecule has 0 fully saturated rings. The maximum absolute atomic E-state index is 11.7. The monoisotopic (exact) mass is 346 g/mol. The van der Waals surface area contributed by atoms with E-state index in [4.69, 9.17) is 9.47 Å². The zero-order chi connectivity index (χ0) is 17.9. The SMILES string of the molecule is COc1ccc(OCCNC(=O)C(=O)NCCC2=CCCCC2)cc1. The van der Waals surface area contributed by atoms with Gasteiger partial charge < -0.3 is 20.1 Å². The molecule has 1 aliphatic rings. The van der Waals surface area contributed by atoms with E-state index in [-0.39, 0.29) is 13.2 Å². The smallest absolute Gasteiger partial charge is 0.309 e.